The van der Waals surface area contributed by atoms with Crippen LogP contribution >= 0.6 is 0 Å². The van der Waals surface area contributed by atoms with E-state index in [2.05, 4.69) is 37.5 Å². The normalized spacial score (nSPS) is 16.8. The summed E-state index contributed by atoms with van der Waals surface area (Å²) in [7, 11) is -2.05. The number of piperidine rings is 1. The SMILES string of the molecule is CCCCC1CC(NC(=O)Nc2cc(C(=O)NC)c(F)cc2F)CCN1Cc1ccc(Oc2ccc(NS(C)(=O)=O)cc2C)nc1. The van der Waals surface area contributed by atoms with Gasteiger partial charge >= 0.3 is 6.03 Å². The van der Waals surface area contributed by atoms with E-state index in [1.54, 1.807) is 30.5 Å². The first-order valence-electron chi connectivity index (χ1n) is 15.1. The van der Waals surface area contributed by atoms with Crippen molar-refractivity contribution < 1.29 is 31.5 Å². The molecule has 1 saturated heterocycles. The number of pyridine rings is 1. The molecule has 4 rings (SSSR count). The summed E-state index contributed by atoms with van der Waals surface area (Å²) in [6.07, 6.45) is 7.21. The maximum absolute atomic E-state index is 14.4. The van der Waals surface area contributed by atoms with Crippen LogP contribution in [0.25, 0.3) is 0 Å². The molecule has 0 spiro atoms. The van der Waals surface area contributed by atoms with E-state index in [4.69, 9.17) is 4.74 Å². The number of hydrogen-bond donors (Lipinski definition) is 4. The van der Waals surface area contributed by atoms with E-state index >= 15 is 0 Å². The number of nitrogens with zero attached hydrogens (tertiary/aromatic N) is 2. The number of anilines is 2. The minimum Gasteiger partial charge on any atom is -0.439 e. The second kappa shape index (κ2) is 15.3. The van der Waals surface area contributed by atoms with Crippen molar-refractivity contribution in [3.63, 3.8) is 0 Å². The number of carbonyl (C=O) groups excluding carboxylic acids is 2. The van der Waals surface area contributed by atoms with E-state index < -0.39 is 33.6 Å². The van der Waals surface area contributed by atoms with Crippen molar-refractivity contribution in [2.45, 2.75) is 64.6 Å². The summed E-state index contributed by atoms with van der Waals surface area (Å²) in [6, 6.07) is 9.72. The first kappa shape index (κ1) is 34.6. The molecule has 11 nitrogen and oxygen atoms in total. The molecule has 248 valence electrons. The molecule has 3 amide bonds. The van der Waals surface area contributed by atoms with Gasteiger partial charge in [0.15, 0.2) is 0 Å². The zero-order valence-electron chi connectivity index (χ0n) is 26.3. The zero-order valence-corrected chi connectivity index (χ0v) is 27.1. The molecule has 2 heterocycles. The van der Waals surface area contributed by atoms with Crippen LogP contribution in [0.5, 0.6) is 11.6 Å². The van der Waals surface area contributed by atoms with Gasteiger partial charge in [-0.2, -0.15) is 0 Å². The molecule has 2 atom stereocenters. The topological polar surface area (TPSA) is 142 Å². The summed E-state index contributed by atoms with van der Waals surface area (Å²) >= 11 is 0. The lowest BCUT2D eigenvalue weighted by Gasteiger charge is -2.40. The Morgan fingerprint density at radius 3 is 2.54 bits per heavy atom. The number of benzene rings is 2. The zero-order chi connectivity index (χ0) is 33.4. The molecule has 1 aromatic heterocycles. The number of amides is 3. The molecule has 1 aliphatic heterocycles. The maximum atomic E-state index is 14.4. The summed E-state index contributed by atoms with van der Waals surface area (Å²) in [4.78, 5) is 31.5. The second-order valence-corrected chi connectivity index (χ2v) is 13.2. The van der Waals surface area contributed by atoms with Gasteiger partial charge in [-0.1, -0.05) is 25.8 Å². The van der Waals surface area contributed by atoms with Crippen LogP contribution in [-0.4, -0.2) is 62.2 Å². The Kier molecular flexibility index (Phi) is 11.5. The van der Waals surface area contributed by atoms with E-state index in [1.165, 1.54) is 7.05 Å². The number of unbranched alkanes of at least 4 members (excludes halogenated alkanes) is 1. The second-order valence-electron chi connectivity index (χ2n) is 11.4. The number of likely N-dealkylation sites (tertiary alicyclic amines) is 1. The molecule has 14 heteroatoms. The van der Waals surface area contributed by atoms with Crippen molar-refractivity contribution in [3.8, 4) is 11.6 Å². The van der Waals surface area contributed by atoms with Gasteiger partial charge in [-0.15, -0.1) is 0 Å². The van der Waals surface area contributed by atoms with Crippen molar-refractivity contribution in [2.75, 3.05) is 29.9 Å². The number of nitrogens with one attached hydrogen (secondary N) is 4. The highest BCUT2D eigenvalue weighted by Gasteiger charge is 2.29. The number of halogens is 2. The van der Waals surface area contributed by atoms with Gasteiger partial charge in [0.2, 0.25) is 15.9 Å². The number of carbonyl (C=O) groups is 2. The van der Waals surface area contributed by atoms with Crippen LogP contribution in [0.15, 0.2) is 48.7 Å². The number of urea groups is 1. The lowest BCUT2D eigenvalue weighted by atomic mass is 9.93. The van der Waals surface area contributed by atoms with E-state index in [-0.39, 0.29) is 23.3 Å². The Morgan fingerprint density at radius 1 is 1.11 bits per heavy atom. The van der Waals surface area contributed by atoms with Crippen molar-refractivity contribution >= 4 is 33.3 Å². The van der Waals surface area contributed by atoms with Gasteiger partial charge in [-0.3, -0.25) is 14.4 Å². The van der Waals surface area contributed by atoms with Gasteiger partial charge in [0.25, 0.3) is 5.91 Å². The fourth-order valence-corrected chi connectivity index (χ4v) is 5.98. The largest absolute Gasteiger partial charge is 0.439 e. The Hall–Kier alpha value is -4.30. The summed E-state index contributed by atoms with van der Waals surface area (Å²) in [5.74, 6) is -1.75. The Bertz CT molecular complexity index is 1660. The summed E-state index contributed by atoms with van der Waals surface area (Å²) < 4.78 is 59.8. The van der Waals surface area contributed by atoms with Crippen molar-refractivity contribution in [1.29, 1.82) is 0 Å². The van der Waals surface area contributed by atoms with Gasteiger partial charge < -0.3 is 20.7 Å². The maximum Gasteiger partial charge on any atom is 0.319 e. The molecule has 0 saturated carbocycles. The highest BCUT2D eigenvalue weighted by Crippen LogP contribution is 2.28. The van der Waals surface area contributed by atoms with Gasteiger partial charge in [-0.05, 0) is 61.6 Å². The molecule has 1 aliphatic rings. The lowest BCUT2D eigenvalue weighted by molar-refractivity contribution is 0.0959. The first-order valence-corrected chi connectivity index (χ1v) is 17.0. The summed E-state index contributed by atoms with van der Waals surface area (Å²) in [5, 5.41) is 7.62. The number of sulfonamides is 1. The highest BCUT2D eigenvalue weighted by atomic mass is 32.2. The van der Waals surface area contributed by atoms with Gasteiger partial charge in [0.05, 0.1) is 17.5 Å². The third kappa shape index (κ3) is 9.60. The third-order valence-corrected chi connectivity index (χ3v) is 8.32. The van der Waals surface area contributed by atoms with Crippen LogP contribution in [0.3, 0.4) is 0 Å². The lowest BCUT2D eigenvalue weighted by Crippen LogP contribution is -2.50. The molecule has 2 unspecified atom stereocenters. The molecule has 0 aliphatic carbocycles. The highest BCUT2D eigenvalue weighted by molar-refractivity contribution is 7.92. The molecule has 1 fully saturated rings. The molecular formula is C32H40F2N6O5S. The van der Waals surface area contributed by atoms with Crippen molar-refractivity contribution in [3.05, 3.63) is 77.0 Å². The number of ether oxygens (including phenoxy) is 1. The molecular weight excluding hydrogens is 618 g/mol. The van der Waals surface area contributed by atoms with Crippen LogP contribution in [0.1, 0.15) is 60.5 Å². The van der Waals surface area contributed by atoms with Crippen LogP contribution in [0, 0.1) is 18.6 Å². The Morgan fingerprint density at radius 2 is 1.89 bits per heavy atom. The summed E-state index contributed by atoms with van der Waals surface area (Å²) in [6.45, 7) is 5.33. The summed E-state index contributed by atoms with van der Waals surface area (Å²) in [5.41, 5.74) is 1.55. The first-order chi connectivity index (χ1) is 21.8. The third-order valence-electron chi connectivity index (χ3n) is 7.72. The van der Waals surface area contributed by atoms with Gasteiger partial charge in [-0.25, -0.2) is 27.0 Å². The minimum absolute atomic E-state index is 0.156. The molecule has 0 bridgehead atoms. The van der Waals surface area contributed by atoms with E-state index in [0.717, 1.165) is 49.3 Å². The van der Waals surface area contributed by atoms with Crippen LogP contribution in [0.2, 0.25) is 0 Å². The van der Waals surface area contributed by atoms with Crippen LogP contribution < -0.4 is 25.4 Å². The predicted octanol–water partition coefficient (Wildman–Crippen LogP) is 5.54. The average molecular weight is 659 g/mol. The number of hydrogen-bond acceptors (Lipinski definition) is 7. The van der Waals surface area contributed by atoms with Crippen molar-refractivity contribution in [1.82, 2.24) is 20.5 Å². The van der Waals surface area contributed by atoms with E-state index in [0.29, 0.717) is 42.8 Å². The van der Waals surface area contributed by atoms with Gasteiger partial charge in [0.1, 0.15) is 17.4 Å². The smallest absolute Gasteiger partial charge is 0.319 e. The predicted molar refractivity (Wildman–Crippen MR) is 173 cm³/mol. The molecule has 0 radical (unpaired) electrons. The van der Waals surface area contributed by atoms with Crippen LogP contribution in [-0.2, 0) is 16.6 Å². The standard InChI is InChI=1S/C32H40F2N6O5S/c1-5-6-7-24-15-22(37-32(42)38-28-16-25(31(41)35-3)26(33)17-27(28)34)12-13-40(24)19-21-8-11-30(36-18-21)45-29-10-9-23(14-20(29)2)39-46(4,43)44/h8-11,14,16-18,22,24,39H,5-7,12-13,15,19H2,1-4H3,(H,35,41)(H2,37,38,42). The quantitative estimate of drug-likeness (QED) is 0.200. The number of rotatable bonds is 12. The Labute approximate surface area is 268 Å². The molecule has 4 N–H and O–H groups in total. The molecule has 46 heavy (non-hydrogen) atoms. The fraction of sp³-hybridized carbons (Fsp3) is 0.406. The Balaban J connectivity index is 1.35. The molecule has 3 aromatic rings. The van der Waals surface area contributed by atoms with E-state index in [9.17, 15) is 26.8 Å². The monoisotopic (exact) mass is 658 g/mol. The number of aryl methyl sites for hydroxylation is 1. The number of aromatic nitrogens is 1. The van der Waals surface area contributed by atoms with Crippen molar-refractivity contribution in [2.24, 2.45) is 0 Å². The van der Waals surface area contributed by atoms with E-state index in [1.807, 2.05) is 13.0 Å². The van der Waals surface area contributed by atoms with Gasteiger partial charge in [0, 0.05) is 56.2 Å². The van der Waals surface area contributed by atoms with Crippen LogP contribution in [0.4, 0.5) is 25.0 Å². The molecule has 2 aromatic carbocycles. The average Bonchev–Trinajstić information content (AvgIpc) is 2.99. The minimum atomic E-state index is -3.38. The fourth-order valence-electron chi connectivity index (χ4n) is 5.43.